The first kappa shape index (κ1) is 22.0. The highest BCUT2D eigenvalue weighted by Gasteiger charge is 2.27. The molecule has 24 heavy (non-hydrogen) atoms. The SMILES string of the molecule is CCC(CC)C(CNC(=NC)NC1CCCC1)N1CCOCC1.I. The smallest absolute Gasteiger partial charge is 0.191 e. The van der Waals surface area contributed by atoms with Crippen LogP contribution in [0.5, 0.6) is 0 Å². The van der Waals surface area contributed by atoms with Gasteiger partial charge in [0.1, 0.15) is 0 Å². The van der Waals surface area contributed by atoms with Crippen molar-refractivity contribution in [1.82, 2.24) is 15.5 Å². The Hall–Kier alpha value is -0.0800. The average Bonchev–Trinajstić information content (AvgIpc) is 3.11. The van der Waals surface area contributed by atoms with Crippen LogP contribution in [0.4, 0.5) is 0 Å². The number of guanidine groups is 1. The summed E-state index contributed by atoms with van der Waals surface area (Å²) in [7, 11) is 1.88. The molecule has 1 saturated carbocycles. The van der Waals surface area contributed by atoms with Gasteiger partial charge in [-0.3, -0.25) is 9.89 Å². The maximum Gasteiger partial charge on any atom is 0.191 e. The van der Waals surface area contributed by atoms with Gasteiger partial charge in [-0.1, -0.05) is 39.5 Å². The van der Waals surface area contributed by atoms with E-state index in [-0.39, 0.29) is 24.0 Å². The Labute approximate surface area is 165 Å². The number of nitrogens with one attached hydrogen (secondary N) is 2. The normalized spacial score (nSPS) is 21.6. The molecule has 0 aromatic heterocycles. The van der Waals surface area contributed by atoms with Crippen LogP contribution in [0.25, 0.3) is 0 Å². The lowest BCUT2D eigenvalue weighted by molar-refractivity contribution is 0.00271. The quantitative estimate of drug-likeness (QED) is 0.355. The molecule has 1 unspecified atom stereocenters. The minimum atomic E-state index is 0. The van der Waals surface area contributed by atoms with Gasteiger partial charge in [0.25, 0.3) is 0 Å². The van der Waals surface area contributed by atoms with E-state index in [1.54, 1.807) is 0 Å². The predicted molar refractivity (Wildman–Crippen MR) is 112 cm³/mol. The van der Waals surface area contributed by atoms with Crippen LogP contribution in [0.2, 0.25) is 0 Å². The predicted octanol–water partition coefficient (Wildman–Crippen LogP) is 2.85. The molecule has 2 aliphatic rings. The van der Waals surface area contributed by atoms with Gasteiger partial charge in [-0.25, -0.2) is 0 Å². The van der Waals surface area contributed by atoms with Crippen LogP contribution in [0, 0.1) is 5.92 Å². The Morgan fingerprint density at radius 3 is 2.33 bits per heavy atom. The summed E-state index contributed by atoms with van der Waals surface area (Å²) in [6.45, 7) is 9.44. The number of ether oxygens (including phenoxy) is 1. The first-order chi connectivity index (χ1) is 11.3. The van der Waals surface area contributed by atoms with Gasteiger partial charge < -0.3 is 15.4 Å². The van der Waals surface area contributed by atoms with Crippen molar-refractivity contribution in [3.63, 3.8) is 0 Å². The molecule has 0 spiro atoms. The zero-order valence-corrected chi connectivity index (χ0v) is 18.1. The van der Waals surface area contributed by atoms with Gasteiger partial charge in [0, 0.05) is 38.8 Å². The minimum absolute atomic E-state index is 0. The van der Waals surface area contributed by atoms with Crippen molar-refractivity contribution in [2.45, 2.75) is 64.5 Å². The van der Waals surface area contributed by atoms with Crippen molar-refractivity contribution in [1.29, 1.82) is 0 Å². The fourth-order valence-electron chi connectivity index (χ4n) is 4.00. The third kappa shape index (κ3) is 6.67. The number of hydrogen-bond donors (Lipinski definition) is 2. The molecule has 2 rings (SSSR count). The lowest BCUT2D eigenvalue weighted by Gasteiger charge is -2.39. The van der Waals surface area contributed by atoms with E-state index in [9.17, 15) is 0 Å². The molecule has 1 atom stereocenters. The van der Waals surface area contributed by atoms with Crippen LogP contribution < -0.4 is 10.6 Å². The highest BCUT2D eigenvalue weighted by atomic mass is 127. The minimum Gasteiger partial charge on any atom is -0.379 e. The van der Waals surface area contributed by atoms with Crippen molar-refractivity contribution < 1.29 is 4.74 Å². The largest absolute Gasteiger partial charge is 0.379 e. The number of nitrogens with zero attached hydrogens (tertiary/aromatic N) is 2. The summed E-state index contributed by atoms with van der Waals surface area (Å²) in [5, 5.41) is 7.19. The summed E-state index contributed by atoms with van der Waals surface area (Å²) in [6, 6.07) is 1.17. The molecule has 2 fully saturated rings. The highest BCUT2D eigenvalue weighted by Crippen LogP contribution is 2.20. The molecule has 0 aromatic carbocycles. The molecule has 1 saturated heterocycles. The van der Waals surface area contributed by atoms with Crippen LogP contribution in [0.3, 0.4) is 0 Å². The average molecular weight is 452 g/mol. The second-order valence-corrected chi connectivity index (χ2v) is 6.87. The molecule has 5 nitrogen and oxygen atoms in total. The molecule has 6 heteroatoms. The Morgan fingerprint density at radius 1 is 1.17 bits per heavy atom. The number of morpholine rings is 1. The van der Waals surface area contributed by atoms with E-state index < -0.39 is 0 Å². The van der Waals surface area contributed by atoms with E-state index in [2.05, 4.69) is 34.4 Å². The van der Waals surface area contributed by atoms with Crippen molar-refractivity contribution in [3.8, 4) is 0 Å². The molecule has 0 amide bonds. The van der Waals surface area contributed by atoms with Gasteiger partial charge in [0.15, 0.2) is 5.96 Å². The number of halogens is 1. The second-order valence-electron chi connectivity index (χ2n) is 6.87. The number of aliphatic imine (C=N–C) groups is 1. The van der Waals surface area contributed by atoms with Crippen LogP contribution >= 0.6 is 24.0 Å². The summed E-state index contributed by atoms with van der Waals surface area (Å²) in [4.78, 5) is 7.04. The maximum absolute atomic E-state index is 5.53. The monoisotopic (exact) mass is 452 g/mol. The summed E-state index contributed by atoms with van der Waals surface area (Å²) in [5.41, 5.74) is 0. The Balaban J connectivity index is 0.00000288. The molecule has 2 N–H and O–H groups in total. The Morgan fingerprint density at radius 2 is 1.79 bits per heavy atom. The second kappa shape index (κ2) is 12.3. The molecule has 0 bridgehead atoms. The molecule has 0 radical (unpaired) electrons. The topological polar surface area (TPSA) is 48.9 Å². The molecular weight excluding hydrogens is 415 g/mol. The van der Waals surface area contributed by atoms with Crippen molar-refractivity contribution in [3.05, 3.63) is 0 Å². The fraction of sp³-hybridized carbons (Fsp3) is 0.944. The zero-order chi connectivity index (χ0) is 16.5. The molecule has 0 aromatic rings. The lowest BCUT2D eigenvalue weighted by atomic mass is 9.92. The summed E-state index contributed by atoms with van der Waals surface area (Å²) in [6.07, 6.45) is 7.71. The molecule has 142 valence electrons. The van der Waals surface area contributed by atoms with Gasteiger partial charge in [-0.15, -0.1) is 24.0 Å². The first-order valence-electron chi connectivity index (χ1n) is 9.57. The molecule has 1 heterocycles. The summed E-state index contributed by atoms with van der Waals surface area (Å²) in [5.74, 6) is 1.70. The molecule has 1 aliphatic carbocycles. The van der Waals surface area contributed by atoms with Crippen molar-refractivity contribution >= 4 is 29.9 Å². The van der Waals surface area contributed by atoms with E-state index >= 15 is 0 Å². The Kier molecular flexibility index (Phi) is 11.3. The van der Waals surface area contributed by atoms with E-state index in [1.165, 1.54) is 38.5 Å². The lowest BCUT2D eigenvalue weighted by Crippen LogP contribution is -2.54. The van der Waals surface area contributed by atoms with E-state index in [0.717, 1.165) is 44.7 Å². The van der Waals surface area contributed by atoms with Gasteiger partial charge in [-0.2, -0.15) is 0 Å². The van der Waals surface area contributed by atoms with Crippen LogP contribution in [0.1, 0.15) is 52.4 Å². The van der Waals surface area contributed by atoms with Crippen LogP contribution in [-0.4, -0.2) is 62.8 Å². The first-order valence-corrected chi connectivity index (χ1v) is 9.57. The summed E-state index contributed by atoms with van der Waals surface area (Å²) >= 11 is 0. The summed E-state index contributed by atoms with van der Waals surface area (Å²) < 4.78 is 5.53. The van der Waals surface area contributed by atoms with E-state index in [0.29, 0.717) is 12.1 Å². The van der Waals surface area contributed by atoms with Crippen LogP contribution in [-0.2, 0) is 4.74 Å². The number of hydrogen-bond acceptors (Lipinski definition) is 3. The third-order valence-corrected chi connectivity index (χ3v) is 5.51. The zero-order valence-electron chi connectivity index (χ0n) is 15.7. The molecular formula is C18H37IN4O. The standard InChI is InChI=1S/C18H36N4O.HI/c1-4-15(5-2)17(22-10-12-23-13-11-22)14-20-18(19-3)21-16-8-6-7-9-16;/h15-17H,4-14H2,1-3H3,(H2,19,20,21);1H. The maximum atomic E-state index is 5.53. The number of rotatable bonds is 7. The van der Waals surface area contributed by atoms with Crippen molar-refractivity contribution in [2.24, 2.45) is 10.9 Å². The van der Waals surface area contributed by atoms with Crippen LogP contribution in [0.15, 0.2) is 4.99 Å². The van der Waals surface area contributed by atoms with Gasteiger partial charge in [0.05, 0.1) is 13.2 Å². The Bertz CT molecular complexity index is 351. The van der Waals surface area contributed by atoms with Gasteiger partial charge in [-0.05, 0) is 18.8 Å². The van der Waals surface area contributed by atoms with Gasteiger partial charge >= 0.3 is 0 Å². The van der Waals surface area contributed by atoms with Gasteiger partial charge in [0.2, 0.25) is 0 Å². The fourth-order valence-corrected chi connectivity index (χ4v) is 4.00. The van der Waals surface area contributed by atoms with Crippen molar-refractivity contribution in [2.75, 3.05) is 39.9 Å². The molecule has 1 aliphatic heterocycles. The highest BCUT2D eigenvalue weighted by molar-refractivity contribution is 14.0. The van der Waals surface area contributed by atoms with E-state index in [4.69, 9.17) is 4.74 Å². The third-order valence-electron chi connectivity index (χ3n) is 5.51. The van der Waals surface area contributed by atoms with E-state index in [1.807, 2.05) is 7.05 Å².